The Labute approximate surface area is 126 Å². The van der Waals surface area contributed by atoms with Gasteiger partial charge < -0.3 is 20.9 Å². The van der Waals surface area contributed by atoms with Crippen LogP contribution in [0.4, 0.5) is 11.5 Å². The zero-order chi connectivity index (χ0) is 15.5. The van der Waals surface area contributed by atoms with Crippen molar-refractivity contribution in [1.82, 2.24) is 4.98 Å². The van der Waals surface area contributed by atoms with Crippen LogP contribution in [0.2, 0.25) is 0 Å². The van der Waals surface area contributed by atoms with E-state index in [9.17, 15) is 5.11 Å². The lowest BCUT2D eigenvalue weighted by molar-refractivity contribution is 0.111. The molecule has 1 fully saturated rings. The number of nitrogens with zero attached hydrogens (tertiary/aromatic N) is 1. The van der Waals surface area contributed by atoms with Gasteiger partial charge in [0.25, 0.3) is 0 Å². The van der Waals surface area contributed by atoms with Crippen molar-refractivity contribution in [1.29, 1.82) is 0 Å². The van der Waals surface area contributed by atoms with Crippen LogP contribution in [-0.4, -0.2) is 28.3 Å². The molecule has 5 nitrogen and oxygen atoms in total. The summed E-state index contributed by atoms with van der Waals surface area (Å²) in [4.78, 5) is 4.45. The van der Waals surface area contributed by atoms with E-state index in [-0.39, 0.29) is 11.7 Å². The van der Waals surface area contributed by atoms with Gasteiger partial charge in [0.15, 0.2) is 0 Å². The van der Waals surface area contributed by atoms with Crippen LogP contribution in [0, 0.1) is 5.92 Å². The molecule has 1 aromatic rings. The molecule has 0 aliphatic heterocycles. The van der Waals surface area contributed by atoms with Gasteiger partial charge in [0, 0.05) is 6.54 Å². The van der Waals surface area contributed by atoms with Crippen molar-refractivity contribution in [2.45, 2.75) is 58.2 Å². The molecule has 0 atom stereocenters. The molecule has 1 aromatic heterocycles. The molecule has 0 amide bonds. The maximum absolute atomic E-state index is 9.52. The number of rotatable bonds is 4. The van der Waals surface area contributed by atoms with Crippen LogP contribution >= 0.6 is 0 Å². The number of anilines is 2. The highest BCUT2D eigenvalue weighted by atomic mass is 16.5. The maximum Gasteiger partial charge on any atom is 0.239 e. The number of aliphatic hydroxyl groups is 1. The average Bonchev–Trinajstić information content (AvgIpc) is 2.40. The minimum absolute atomic E-state index is 0.109. The Bertz CT molecular complexity index is 463. The Balaban J connectivity index is 1.93. The Kier molecular flexibility index (Phi) is 4.93. The summed E-state index contributed by atoms with van der Waals surface area (Å²) in [7, 11) is 0. The standard InChI is InChI=1S/C16H27N3O2/c1-16(2,3)21-15-13(17)8-9-14(19-15)18-10-11-4-6-12(20)7-5-11/h8-9,11-12,20H,4-7,10,17H2,1-3H3,(H,18,19). The first-order valence-electron chi connectivity index (χ1n) is 7.71. The molecule has 0 saturated heterocycles. The van der Waals surface area contributed by atoms with Gasteiger partial charge in [-0.2, -0.15) is 4.98 Å². The number of aliphatic hydroxyl groups excluding tert-OH is 1. The fourth-order valence-corrected chi connectivity index (χ4v) is 2.52. The van der Waals surface area contributed by atoms with Gasteiger partial charge in [0.1, 0.15) is 11.4 Å². The second kappa shape index (κ2) is 6.52. The molecule has 1 aliphatic carbocycles. The fourth-order valence-electron chi connectivity index (χ4n) is 2.52. The molecule has 2 rings (SSSR count). The molecule has 0 aromatic carbocycles. The monoisotopic (exact) mass is 293 g/mol. The second-order valence-electron chi connectivity index (χ2n) is 6.86. The molecule has 118 valence electrons. The van der Waals surface area contributed by atoms with Crippen LogP contribution in [0.15, 0.2) is 12.1 Å². The highest BCUT2D eigenvalue weighted by Gasteiger charge is 2.19. The van der Waals surface area contributed by atoms with Crippen molar-refractivity contribution in [2.24, 2.45) is 5.92 Å². The molecule has 1 aliphatic rings. The van der Waals surface area contributed by atoms with Crippen LogP contribution in [0.1, 0.15) is 46.5 Å². The lowest BCUT2D eigenvalue weighted by Crippen LogP contribution is -2.25. The molecule has 0 spiro atoms. The second-order valence-corrected chi connectivity index (χ2v) is 6.86. The molecule has 0 radical (unpaired) electrons. The molecule has 0 unspecified atom stereocenters. The van der Waals surface area contributed by atoms with E-state index >= 15 is 0 Å². The van der Waals surface area contributed by atoms with E-state index in [4.69, 9.17) is 10.5 Å². The lowest BCUT2D eigenvalue weighted by atomic mass is 9.87. The van der Waals surface area contributed by atoms with Gasteiger partial charge in [0.05, 0.1) is 11.8 Å². The van der Waals surface area contributed by atoms with Crippen molar-refractivity contribution < 1.29 is 9.84 Å². The van der Waals surface area contributed by atoms with Crippen molar-refractivity contribution >= 4 is 11.5 Å². The number of hydrogen-bond acceptors (Lipinski definition) is 5. The summed E-state index contributed by atoms with van der Waals surface area (Å²) in [6.07, 6.45) is 3.82. The van der Waals surface area contributed by atoms with Crippen LogP contribution in [0.25, 0.3) is 0 Å². The van der Waals surface area contributed by atoms with E-state index in [1.807, 2.05) is 32.9 Å². The minimum Gasteiger partial charge on any atom is -0.470 e. The number of ether oxygens (including phenoxy) is 1. The molecule has 4 N–H and O–H groups in total. The molecule has 0 bridgehead atoms. The summed E-state index contributed by atoms with van der Waals surface area (Å²) < 4.78 is 5.77. The predicted octanol–water partition coefficient (Wildman–Crippen LogP) is 2.80. The van der Waals surface area contributed by atoms with E-state index in [1.165, 1.54) is 0 Å². The van der Waals surface area contributed by atoms with Gasteiger partial charge in [-0.05, 0) is 64.5 Å². The van der Waals surface area contributed by atoms with E-state index in [2.05, 4.69) is 10.3 Å². The van der Waals surface area contributed by atoms with E-state index in [0.717, 1.165) is 38.0 Å². The van der Waals surface area contributed by atoms with Gasteiger partial charge in [-0.3, -0.25) is 0 Å². The molecular weight excluding hydrogens is 266 g/mol. The van der Waals surface area contributed by atoms with Gasteiger partial charge >= 0.3 is 0 Å². The SMILES string of the molecule is CC(C)(C)Oc1nc(NCC2CCC(O)CC2)ccc1N. The Morgan fingerprint density at radius 3 is 2.57 bits per heavy atom. The third-order valence-corrected chi connectivity index (χ3v) is 3.68. The van der Waals surface area contributed by atoms with Crippen molar-refractivity contribution in [3.8, 4) is 5.88 Å². The smallest absolute Gasteiger partial charge is 0.239 e. The largest absolute Gasteiger partial charge is 0.470 e. The molecular formula is C16H27N3O2. The van der Waals surface area contributed by atoms with Gasteiger partial charge in [-0.1, -0.05) is 0 Å². The van der Waals surface area contributed by atoms with Crippen molar-refractivity contribution in [3.05, 3.63) is 12.1 Å². The number of aromatic nitrogens is 1. The summed E-state index contributed by atoms with van der Waals surface area (Å²) in [5.41, 5.74) is 6.14. The fraction of sp³-hybridized carbons (Fsp3) is 0.688. The first-order valence-corrected chi connectivity index (χ1v) is 7.71. The average molecular weight is 293 g/mol. The van der Waals surface area contributed by atoms with E-state index in [0.29, 0.717) is 17.5 Å². The minimum atomic E-state index is -0.320. The molecule has 1 saturated carbocycles. The maximum atomic E-state index is 9.52. The third-order valence-electron chi connectivity index (χ3n) is 3.68. The van der Waals surface area contributed by atoms with Crippen LogP contribution in [-0.2, 0) is 0 Å². The Morgan fingerprint density at radius 1 is 1.29 bits per heavy atom. The molecule has 1 heterocycles. The molecule has 21 heavy (non-hydrogen) atoms. The summed E-state index contributed by atoms with van der Waals surface area (Å²) in [5.74, 6) is 1.86. The van der Waals surface area contributed by atoms with Crippen molar-refractivity contribution in [3.63, 3.8) is 0 Å². The number of hydrogen-bond donors (Lipinski definition) is 3. The number of nitrogens with two attached hydrogens (primary N) is 1. The quantitative estimate of drug-likeness (QED) is 0.795. The number of nitrogens with one attached hydrogen (secondary N) is 1. The van der Waals surface area contributed by atoms with Gasteiger partial charge in [0.2, 0.25) is 5.88 Å². The van der Waals surface area contributed by atoms with E-state index < -0.39 is 0 Å². The van der Waals surface area contributed by atoms with Gasteiger partial charge in [-0.25, -0.2) is 0 Å². The predicted molar refractivity (Wildman–Crippen MR) is 85.5 cm³/mol. The van der Waals surface area contributed by atoms with Gasteiger partial charge in [-0.15, -0.1) is 0 Å². The number of pyridine rings is 1. The van der Waals surface area contributed by atoms with Crippen LogP contribution in [0.3, 0.4) is 0 Å². The molecule has 5 heteroatoms. The van der Waals surface area contributed by atoms with Crippen molar-refractivity contribution in [2.75, 3.05) is 17.6 Å². The van der Waals surface area contributed by atoms with Crippen LogP contribution in [0.5, 0.6) is 5.88 Å². The Hall–Kier alpha value is -1.49. The number of nitrogen functional groups attached to an aromatic ring is 1. The lowest BCUT2D eigenvalue weighted by Gasteiger charge is -2.26. The van der Waals surface area contributed by atoms with E-state index in [1.54, 1.807) is 0 Å². The summed E-state index contributed by atoms with van der Waals surface area (Å²) in [6.45, 7) is 6.79. The zero-order valence-electron chi connectivity index (χ0n) is 13.2. The zero-order valence-corrected chi connectivity index (χ0v) is 13.2. The highest BCUT2D eigenvalue weighted by Crippen LogP contribution is 2.27. The summed E-state index contributed by atoms with van der Waals surface area (Å²) >= 11 is 0. The first kappa shape index (κ1) is 15.9. The third kappa shape index (κ3) is 5.08. The summed E-state index contributed by atoms with van der Waals surface area (Å²) in [5, 5.41) is 12.9. The van der Waals surface area contributed by atoms with Crippen LogP contribution < -0.4 is 15.8 Å². The Morgan fingerprint density at radius 2 is 1.95 bits per heavy atom. The normalized spacial score (nSPS) is 22.9. The highest BCUT2D eigenvalue weighted by molar-refractivity contribution is 5.53. The first-order chi connectivity index (χ1) is 9.83. The topological polar surface area (TPSA) is 80.4 Å². The summed E-state index contributed by atoms with van der Waals surface area (Å²) in [6, 6.07) is 3.70.